The van der Waals surface area contributed by atoms with Crippen LogP contribution in [0, 0.1) is 0 Å². The molecule has 0 radical (unpaired) electrons. The van der Waals surface area contributed by atoms with Gasteiger partial charge in [0, 0.05) is 18.3 Å². The van der Waals surface area contributed by atoms with Crippen LogP contribution in [0.25, 0.3) is 0 Å². The highest BCUT2D eigenvalue weighted by atomic mass is 35.5. The van der Waals surface area contributed by atoms with Crippen LogP contribution in [0.3, 0.4) is 0 Å². The van der Waals surface area contributed by atoms with Crippen molar-refractivity contribution in [1.29, 1.82) is 0 Å². The number of benzene rings is 2. The summed E-state index contributed by atoms with van der Waals surface area (Å²) in [5.41, 5.74) is 7.49. The van der Waals surface area contributed by atoms with E-state index in [-0.39, 0.29) is 5.28 Å². The zero-order valence-electron chi connectivity index (χ0n) is 13.6. The molecule has 0 aliphatic rings. The van der Waals surface area contributed by atoms with E-state index in [2.05, 4.69) is 20.6 Å². The van der Waals surface area contributed by atoms with Crippen LogP contribution in [-0.4, -0.2) is 16.1 Å². The molecule has 3 aromatic rings. The molecule has 0 spiro atoms. The maximum Gasteiger partial charge on any atom is 0.409 e. The molecule has 0 aliphatic carbocycles. The van der Waals surface area contributed by atoms with Gasteiger partial charge in [-0.3, -0.25) is 0 Å². The van der Waals surface area contributed by atoms with Gasteiger partial charge in [0.2, 0.25) is 5.28 Å². The van der Waals surface area contributed by atoms with Gasteiger partial charge >= 0.3 is 6.09 Å². The second-order valence-corrected chi connectivity index (χ2v) is 5.65. The molecule has 4 N–H and O–H groups in total. The first kappa shape index (κ1) is 17.5. The molecule has 26 heavy (non-hydrogen) atoms. The Bertz CT molecular complexity index is 905. The van der Waals surface area contributed by atoms with Crippen LogP contribution < -0.4 is 21.1 Å². The lowest BCUT2D eigenvalue weighted by molar-refractivity contribution is 0.211. The van der Waals surface area contributed by atoms with E-state index in [1.807, 2.05) is 30.3 Å². The Morgan fingerprint density at radius 2 is 1.96 bits per heavy atom. The van der Waals surface area contributed by atoms with Crippen molar-refractivity contribution in [1.82, 2.24) is 9.97 Å². The summed E-state index contributed by atoms with van der Waals surface area (Å²) in [6, 6.07) is 16.7. The number of primary amides is 1. The molecule has 3 rings (SSSR count). The largest absolute Gasteiger partial charge is 0.410 e. The predicted molar refractivity (Wildman–Crippen MR) is 101 cm³/mol. The van der Waals surface area contributed by atoms with E-state index in [0.29, 0.717) is 29.5 Å². The Hall–Kier alpha value is -3.32. The van der Waals surface area contributed by atoms with Crippen LogP contribution in [0.5, 0.6) is 5.75 Å². The van der Waals surface area contributed by atoms with Crippen LogP contribution >= 0.6 is 11.6 Å². The molecular weight excluding hydrogens is 354 g/mol. The summed E-state index contributed by atoms with van der Waals surface area (Å²) in [6.07, 6.45) is 0.724. The van der Waals surface area contributed by atoms with Gasteiger partial charge in [-0.2, -0.15) is 4.98 Å². The van der Waals surface area contributed by atoms with Crippen molar-refractivity contribution < 1.29 is 9.53 Å². The number of hydrogen-bond acceptors (Lipinski definition) is 6. The number of anilines is 3. The lowest BCUT2D eigenvalue weighted by Gasteiger charge is -2.13. The van der Waals surface area contributed by atoms with Gasteiger partial charge in [-0.1, -0.05) is 36.4 Å². The molecule has 0 atom stereocenters. The summed E-state index contributed by atoms with van der Waals surface area (Å²) in [7, 11) is 0. The van der Waals surface area contributed by atoms with Crippen molar-refractivity contribution >= 4 is 34.9 Å². The topological polar surface area (TPSA) is 102 Å². The van der Waals surface area contributed by atoms with Crippen LogP contribution in [0.1, 0.15) is 5.56 Å². The maximum absolute atomic E-state index is 10.9. The molecule has 1 heterocycles. The Morgan fingerprint density at radius 3 is 2.73 bits per heavy atom. The van der Waals surface area contributed by atoms with Crippen LogP contribution in [-0.2, 0) is 6.54 Å². The predicted octanol–water partition coefficient (Wildman–Crippen LogP) is 3.94. The third-order valence-electron chi connectivity index (χ3n) is 3.40. The van der Waals surface area contributed by atoms with Gasteiger partial charge in [0.1, 0.15) is 5.75 Å². The molecule has 2 aromatic carbocycles. The summed E-state index contributed by atoms with van der Waals surface area (Å²) in [5, 5.41) is 6.52. The average Bonchev–Trinajstić information content (AvgIpc) is 2.62. The van der Waals surface area contributed by atoms with Gasteiger partial charge in [-0.05, 0) is 29.3 Å². The van der Waals surface area contributed by atoms with Gasteiger partial charge in [-0.15, -0.1) is 0 Å². The fourth-order valence-electron chi connectivity index (χ4n) is 2.27. The van der Waals surface area contributed by atoms with E-state index < -0.39 is 6.09 Å². The van der Waals surface area contributed by atoms with Crippen LogP contribution in [0.4, 0.5) is 22.0 Å². The van der Waals surface area contributed by atoms with Crippen molar-refractivity contribution in [3.8, 4) is 5.75 Å². The highest BCUT2D eigenvalue weighted by Crippen LogP contribution is 2.26. The Labute approximate surface area is 155 Å². The molecule has 1 amide bonds. The second-order valence-electron chi connectivity index (χ2n) is 5.31. The van der Waals surface area contributed by atoms with Crippen molar-refractivity contribution in [2.45, 2.75) is 6.54 Å². The van der Waals surface area contributed by atoms with Crippen molar-refractivity contribution in [3.63, 3.8) is 0 Å². The highest BCUT2D eigenvalue weighted by molar-refractivity contribution is 6.28. The zero-order chi connectivity index (χ0) is 18.4. The Kier molecular flexibility index (Phi) is 5.50. The third-order valence-corrected chi connectivity index (χ3v) is 3.58. The lowest BCUT2D eigenvalue weighted by Crippen LogP contribution is -2.16. The molecule has 1 aromatic heterocycles. The molecule has 0 saturated carbocycles. The monoisotopic (exact) mass is 369 g/mol. The number of carbonyl (C=O) groups excluding carboxylic acids is 1. The molecule has 0 fully saturated rings. The summed E-state index contributed by atoms with van der Waals surface area (Å²) in [6.45, 7) is 0.603. The SMILES string of the molecule is NC(=O)Oc1cccc(Nc2nc(Cl)ncc2NCc2ccccc2)c1. The zero-order valence-corrected chi connectivity index (χ0v) is 14.4. The summed E-state index contributed by atoms with van der Waals surface area (Å²) < 4.78 is 4.88. The molecule has 0 saturated heterocycles. The van der Waals surface area contributed by atoms with E-state index in [4.69, 9.17) is 22.1 Å². The molecule has 0 aliphatic heterocycles. The van der Waals surface area contributed by atoms with E-state index in [1.165, 1.54) is 0 Å². The first-order chi connectivity index (χ1) is 12.6. The summed E-state index contributed by atoms with van der Waals surface area (Å²) >= 11 is 5.92. The van der Waals surface area contributed by atoms with Crippen molar-refractivity contribution in [2.24, 2.45) is 5.73 Å². The number of halogens is 1. The normalized spacial score (nSPS) is 10.2. The van der Waals surface area contributed by atoms with E-state index >= 15 is 0 Å². The molecular formula is C18H16ClN5O2. The Morgan fingerprint density at radius 1 is 1.15 bits per heavy atom. The van der Waals surface area contributed by atoms with Gasteiger partial charge in [-0.25, -0.2) is 9.78 Å². The number of aromatic nitrogens is 2. The molecule has 132 valence electrons. The number of amides is 1. The van der Waals surface area contributed by atoms with E-state index in [9.17, 15) is 4.79 Å². The first-order valence-electron chi connectivity index (χ1n) is 7.75. The van der Waals surface area contributed by atoms with Gasteiger partial charge in [0.25, 0.3) is 0 Å². The number of nitrogens with two attached hydrogens (primary N) is 1. The first-order valence-corrected chi connectivity index (χ1v) is 8.12. The fraction of sp³-hybridized carbons (Fsp3) is 0.0556. The van der Waals surface area contributed by atoms with Gasteiger partial charge in [0.15, 0.2) is 5.82 Å². The minimum absolute atomic E-state index is 0.113. The summed E-state index contributed by atoms with van der Waals surface area (Å²) in [4.78, 5) is 19.1. The minimum atomic E-state index is -0.877. The van der Waals surface area contributed by atoms with Crippen molar-refractivity contribution in [3.05, 3.63) is 71.6 Å². The number of carbonyl (C=O) groups is 1. The van der Waals surface area contributed by atoms with Gasteiger partial charge < -0.3 is 21.1 Å². The minimum Gasteiger partial charge on any atom is -0.410 e. The number of rotatable bonds is 6. The molecule has 0 unspecified atom stereocenters. The molecule has 8 heteroatoms. The lowest BCUT2D eigenvalue weighted by atomic mass is 10.2. The second kappa shape index (κ2) is 8.17. The molecule has 7 nitrogen and oxygen atoms in total. The van der Waals surface area contributed by atoms with E-state index in [0.717, 1.165) is 5.56 Å². The summed E-state index contributed by atoms with van der Waals surface area (Å²) in [5.74, 6) is 0.818. The number of nitrogens with one attached hydrogen (secondary N) is 2. The number of nitrogens with zero attached hydrogens (tertiary/aromatic N) is 2. The number of hydrogen-bond donors (Lipinski definition) is 3. The third kappa shape index (κ3) is 4.84. The van der Waals surface area contributed by atoms with Crippen molar-refractivity contribution in [2.75, 3.05) is 10.6 Å². The van der Waals surface area contributed by atoms with E-state index in [1.54, 1.807) is 30.5 Å². The van der Waals surface area contributed by atoms with Crippen LogP contribution in [0.2, 0.25) is 5.28 Å². The average molecular weight is 370 g/mol. The standard InChI is InChI=1S/C18H16ClN5O2/c19-17-22-11-15(21-10-12-5-2-1-3-6-12)16(24-17)23-13-7-4-8-14(9-13)26-18(20)25/h1-9,11,21H,10H2,(H2,20,25)(H,22,23,24). The highest BCUT2D eigenvalue weighted by Gasteiger charge is 2.08. The Balaban J connectivity index is 1.78. The van der Waals surface area contributed by atoms with Crippen LogP contribution in [0.15, 0.2) is 60.8 Å². The number of ether oxygens (including phenoxy) is 1. The quantitative estimate of drug-likeness (QED) is 0.569. The van der Waals surface area contributed by atoms with Gasteiger partial charge in [0.05, 0.1) is 11.9 Å². The smallest absolute Gasteiger partial charge is 0.409 e. The maximum atomic E-state index is 10.9. The molecule has 0 bridgehead atoms. The fourth-order valence-corrected chi connectivity index (χ4v) is 2.40.